The molecule has 0 spiro atoms. The Bertz CT molecular complexity index is 716. The summed E-state index contributed by atoms with van der Waals surface area (Å²) in [5.41, 5.74) is 3.26. The average Bonchev–Trinajstić information content (AvgIpc) is 2.83. The van der Waals surface area contributed by atoms with E-state index in [-0.39, 0.29) is 0 Å². The molecule has 0 saturated carbocycles. The summed E-state index contributed by atoms with van der Waals surface area (Å²) in [4.78, 5) is 15.5. The van der Waals surface area contributed by atoms with Gasteiger partial charge in [-0.05, 0) is 24.3 Å². The second-order valence-corrected chi connectivity index (χ2v) is 4.85. The van der Waals surface area contributed by atoms with E-state index in [1.165, 1.54) is 0 Å². The number of fused-ring (bicyclic) bond motifs is 1. The minimum Gasteiger partial charge on any atom is -0.296 e. The number of hydrogen-bond acceptors (Lipinski definition) is 2. The Morgan fingerprint density at radius 3 is 2.61 bits per heavy atom. The van der Waals surface area contributed by atoms with Gasteiger partial charge in [0.25, 0.3) is 0 Å². The summed E-state index contributed by atoms with van der Waals surface area (Å²) in [6, 6.07) is 13.4. The van der Waals surface area contributed by atoms with Crippen LogP contribution < -0.4 is 0 Å². The van der Waals surface area contributed by atoms with E-state index in [4.69, 9.17) is 0 Å². The second kappa shape index (κ2) is 4.38. The van der Waals surface area contributed by atoms with Gasteiger partial charge in [-0.25, -0.2) is 4.98 Å². The molecule has 3 aromatic rings. The van der Waals surface area contributed by atoms with Crippen LogP contribution in [0.5, 0.6) is 0 Å². The molecule has 0 radical (unpaired) electrons. The molecule has 2 aromatic heterocycles. The summed E-state index contributed by atoms with van der Waals surface area (Å²) < 4.78 is 2.83. The zero-order valence-electron chi connectivity index (χ0n) is 9.38. The summed E-state index contributed by atoms with van der Waals surface area (Å²) in [6.45, 7) is 0. The van der Waals surface area contributed by atoms with Gasteiger partial charge in [-0.1, -0.05) is 34.1 Å². The maximum absolute atomic E-state index is 11.0. The highest BCUT2D eigenvalue weighted by molar-refractivity contribution is 9.10. The van der Waals surface area contributed by atoms with Crippen LogP contribution >= 0.6 is 15.9 Å². The van der Waals surface area contributed by atoms with E-state index in [1.807, 2.05) is 42.6 Å². The van der Waals surface area contributed by atoms with Gasteiger partial charge in [-0.15, -0.1) is 0 Å². The number of benzene rings is 1. The van der Waals surface area contributed by atoms with Crippen LogP contribution in [0.3, 0.4) is 0 Å². The maximum Gasteiger partial charge on any atom is 0.166 e. The van der Waals surface area contributed by atoms with E-state index in [9.17, 15) is 4.79 Å². The molecule has 0 aliphatic rings. The van der Waals surface area contributed by atoms with E-state index >= 15 is 0 Å². The van der Waals surface area contributed by atoms with E-state index < -0.39 is 0 Å². The van der Waals surface area contributed by atoms with Crippen LogP contribution in [0.25, 0.3) is 16.9 Å². The van der Waals surface area contributed by atoms with Crippen molar-refractivity contribution in [2.45, 2.75) is 0 Å². The normalized spacial score (nSPS) is 10.7. The maximum atomic E-state index is 11.0. The van der Waals surface area contributed by atoms with Crippen molar-refractivity contribution in [3.63, 3.8) is 0 Å². The lowest BCUT2D eigenvalue weighted by Gasteiger charge is -1.96. The van der Waals surface area contributed by atoms with Gasteiger partial charge in [0.05, 0.1) is 11.4 Å². The Morgan fingerprint density at radius 2 is 1.89 bits per heavy atom. The SMILES string of the molecule is O=Cc1cccc2nc(-c3ccc(Br)cc3)cn12. The molecular formula is C14H9BrN2O. The van der Waals surface area contributed by atoms with Crippen LogP contribution in [-0.2, 0) is 0 Å². The van der Waals surface area contributed by atoms with Crippen molar-refractivity contribution in [1.29, 1.82) is 0 Å². The standard InChI is InChI=1S/C14H9BrN2O/c15-11-6-4-10(5-7-11)13-8-17-12(9-18)2-1-3-14(17)16-13/h1-9H. The van der Waals surface area contributed by atoms with Gasteiger partial charge < -0.3 is 0 Å². The van der Waals surface area contributed by atoms with Crippen LogP contribution in [-0.4, -0.2) is 15.7 Å². The topological polar surface area (TPSA) is 34.4 Å². The fraction of sp³-hybridized carbons (Fsp3) is 0. The first-order chi connectivity index (χ1) is 8.78. The fourth-order valence-corrected chi connectivity index (χ4v) is 2.15. The molecule has 1 aromatic carbocycles. The van der Waals surface area contributed by atoms with Gasteiger partial charge in [0.15, 0.2) is 6.29 Å². The van der Waals surface area contributed by atoms with Crippen molar-refractivity contribution >= 4 is 27.9 Å². The van der Waals surface area contributed by atoms with Crippen molar-refractivity contribution < 1.29 is 4.79 Å². The molecule has 0 atom stereocenters. The van der Waals surface area contributed by atoms with E-state index in [0.29, 0.717) is 5.69 Å². The van der Waals surface area contributed by atoms with Crippen LogP contribution in [0, 0.1) is 0 Å². The summed E-state index contributed by atoms with van der Waals surface area (Å²) in [5, 5.41) is 0. The summed E-state index contributed by atoms with van der Waals surface area (Å²) in [7, 11) is 0. The lowest BCUT2D eigenvalue weighted by Crippen LogP contribution is -1.91. The molecule has 4 heteroatoms. The molecule has 88 valence electrons. The highest BCUT2D eigenvalue weighted by atomic mass is 79.9. The third-order valence-electron chi connectivity index (χ3n) is 2.78. The molecule has 0 aliphatic carbocycles. The largest absolute Gasteiger partial charge is 0.296 e. The van der Waals surface area contributed by atoms with Gasteiger partial charge in [0.1, 0.15) is 5.65 Å². The molecule has 0 bridgehead atoms. The number of rotatable bonds is 2. The van der Waals surface area contributed by atoms with Gasteiger partial charge in [0, 0.05) is 16.2 Å². The Balaban J connectivity index is 2.19. The molecule has 18 heavy (non-hydrogen) atoms. The Hall–Kier alpha value is -1.94. The van der Waals surface area contributed by atoms with Crippen LogP contribution in [0.15, 0.2) is 53.1 Å². The van der Waals surface area contributed by atoms with Crippen molar-refractivity contribution in [3.05, 3.63) is 58.8 Å². The number of halogens is 1. The highest BCUT2D eigenvalue weighted by Gasteiger charge is 2.06. The lowest BCUT2D eigenvalue weighted by atomic mass is 10.2. The first-order valence-corrected chi connectivity index (χ1v) is 6.26. The van der Waals surface area contributed by atoms with Gasteiger partial charge in [0.2, 0.25) is 0 Å². The van der Waals surface area contributed by atoms with Crippen LogP contribution in [0.2, 0.25) is 0 Å². The quantitative estimate of drug-likeness (QED) is 0.678. The number of carbonyl (C=O) groups excluding carboxylic acids is 1. The third-order valence-corrected chi connectivity index (χ3v) is 3.31. The predicted molar refractivity (Wildman–Crippen MR) is 73.7 cm³/mol. The fourth-order valence-electron chi connectivity index (χ4n) is 1.89. The number of aldehydes is 1. The molecule has 0 saturated heterocycles. The number of nitrogens with zero attached hydrogens (tertiary/aromatic N) is 2. The molecule has 0 fully saturated rings. The Kier molecular flexibility index (Phi) is 2.72. The van der Waals surface area contributed by atoms with E-state index in [2.05, 4.69) is 20.9 Å². The molecule has 3 rings (SSSR count). The molecule has 0 amide bonds. The first kappa shape index (κ1) is 11.2. The van der Waals surface area contributed by atoms with Crippen molar-refractivity contribution in [1.82, 2.24) is 9.38 Å². The van der Waals surface area contributed by atoms with Gasteiger partial charge >= 0.3 is 0 Å². The molecular weight excluding hydrogens is 292 g/mol. The Morgan fingerprint density at radius 1 is 1.11 bits per heavy atom. The van der Waals surface area contributed by atoms with Gasteiger partial charge in [-0.2, -0.15) is 0 Å². The molecule has 2 heterocycles. The smallest absolute Gasteiger partial charge is 0.166 e. The van der Waals surface area contributed by atoms with Crippen molar-refractivity contribution in [3.8, 4) is 11.3 Å². The zero-order chi connectivity index (χ0) is 12.5. The van der Waals surface area contributed by atoms with Gasteiger partial charge in [-0.3, -0.25) is 9.20 Å². The first-order valence-electron chi connectivity index (χ1n) is 5.47. The molecule has 0 unspecified atom stereocenters. The zero-order valence-corrected chi connectivity index (χ0v) is 11.0. The minimum absolute atomic E-state index is 0.600. The molecule has 3 nitrogen and oxygen atoms in total. The highest BCUT2D eigenvalue weighted by Crippen LogP contribution is 2.21. The summed E-state index contributed by atoms with van der Waals surface area (Å²) >= 11 is 3.40. The summed E-state index contributed by atoms with van der Waals surface area (Å²) in [5.74, 6) is 0. The van der Waals surface area contributed by atoms with Crippen LogP contribution in [0.1, 0.15) is 10.5 Å². The number of imidazole rings is 1. The number of aromatic nitrogens is 2. The Labute approximate surface area is 112 Å². The average molecular weight is 301 g/mol. The molecule has 0 aliphatic heterocycles. The van der Waals surface area contributed by atoms with E-state index in [1.54, 1.807) is 10.5 Å². The van der Waals surface area contributed by atoms with Crippen LogP contribution in [0.4, 0.5) is 0 Å². The predicted octanol–water partition coefficient (Wildman–Crippen LogP) is 3.58. The number of hydrogen-bond donors (Lipinski definition) is 0. The number of carbonyl (C=O) groups is 1. The number of pyridine rings is 1. The monoisotopic (exact) mass is 300 g/mol. The minimum atomic E-state index is 0.600. The summed E-state index contributed by atoms with van der Waals surface area (Å²) in [6.07, 6.45) is 2.71. The van der Waals surface area contributed by atoms with Crippen molar-refractivity contribution in [2.24, 2.45) is 0 Å². The third kappa shape index (κ3) is 1.84. The lowest BCUT2D eigenvalue weighted by molar-refractivity contribution is 0.111. The van der Waals surface area contributed by atoms with E-state index in [0.717, 1.165) is 27.7 Å². The van der Waals surface area contributed by atoms with Crippen molar-refractivity contribution in [2.75, 3.05) is 0 Å². The second-order valence-electron chi connectivity index (χ2n) is 3.93. The molecule has 0 N–H and O–H groups in total.